The Morgan fingerprint density at radius 2 is 2.19 bits per heavy atom. The van der Waals surface area contributed by atoms with Gasteiger partial charge in [0.2, 0.25) is 5.91 Å². The van der Waals surface area contributed by atoms with Gasteiger partial charge in [-0.15, -0.1) is 0 Å². The molecule has 1 fully saturated rings. The predicted octanol–water partition coefficient (Wildman–Crippen LogP) is 1.87. The van der Waals surface area contributed by atoms with E-state index in [1.807, 2.05) is 42.0 Å². The summed E-state index contributed by atoms with van der Waals surface area (Å²) >= 11 is 0. The summed E-state index contributed by atoms with van der Waals surface area (Å²) in [5.41, 5.74) is 1.95. The number of rotatable bonds is 7. The third-order valence-corrected chi connectivity index (χ3v) is 5.60. The smallest absolute Gasteiger partial charge is 0.271 e. The third-order valence-electron chi connectivity index (χ3n) is 5.60. The maximum Gasteiger partial charge on any atom is 0.271 e. The number of hydrogen-bond acceptors (Lipinski definition) is 5. The first-order chi connectivity index (χ1) is 15.0. The number of imidazole rings is 1. The average molecular weight is 422 g/mol. The minimum atomic E-state index is -0.200. The molecule has 4 rings (SSSR count). The van der Waals surface area contributed by atoms with E-state index in [2.05, 4.69) is 20.5 Å². The number of benzene rings is 1. The van der Waals surface area contributed by atoms with Crippen molar-refractivity contribution in [1.82, 2.24) is 30.0 Å². The van der Waals surface area contributed by atoms with Crippen LogP contribution >= 0.6 is 0 Å². The first-order valence-corrected chi connectivity index (χ1v) is 10.3. The molecule has 2 amide bonds. The molecular weight excluding hydrogens is 396 g/mol. The van der Waals surface area contributed by atoms with Gasteiger partial charge in [0, 0.05) is 44.1 Å². The van der Waals surface area contributed by atoms with E-state index in [4.69, 9.17) is 4.74 Å². The first-order valence-electron chi connectivity index (χ1n) is 10.3. The second-order valence-corrected chi connectivity index (χ2v) is 7.59. The van der Waals surface area contributed by atoms with Crippen LogP contribution in [0.2, 0.25) is 0 Å². The lowest BCUT2D eigenvalue weighted by Crippen LogP contribution is -2.36. The number of amides is 2. The fraction of sp³-hybridized carbons (Fsp3) is 0.364. The largest absolute Gasteiger partial charge is 0.497 e. The van der Waals surface area contributed by atoms with E-state index in [0.717, 1.165) is 17.1 Å². The van der Waals surface area contributed by atoms with Crippen molar-refractivity contribution in [2.75, 3.05) is 26.7 Å². The Kier molecular flexibility index (Phi) is 6.01. The summed E-state index contributed by atoms with van der Waals surface area (Å²) in [4.78, 5) is 31.3. The summed E-state index contributed by atoms with van der Waals surface area (Å²) in [6.45, 7) is 4.09. The van der Waals surface area contributed by atoms with Crippen molar-refractivity contribution in [3.05, 3.63) is 54.2 Å². The number of carbonyl (C=O) groups is 2. The summed E-state index contributed by atoms with van der Waals surface area (Å²) in [7, 11) is 1.61. The van der Waals surface area contributed by atoms with Crippen molar-refractivity contribution >= 4 is 11.8 Å². The summed E-state index contributed by atoms with van der Waals surface area (Å²) in [5.74, 6) is 1.28. The lowest BCUT2D eigenvalue weighted by molar-refractivity contribution is -0.124. The average Bonchev–Trinajstić information content (AvgIpc) is 3.55. The Morgan fingerprint density at radius 3 is 2.97 bits per heavy atom. The van der Waals surface area contributed by atoms with E-state index in [-0.39, 0.29) is 17.7 Å². The fourth-order valence-electron chi connectivity index (χ4n) is 3.77. The van der Waals surface area contributed by atoms with Gasteiger partial charge in [-0.3, -0.25) is 14.7 Å². The Balaban J connectivity index is 1.31. The standard InChI is InChI=1S/C22H26N6O3/c1-15-23-7-10-27(15)11-8-24-21(29)17-6-9-28(14-17)22(30)20-13-19(25-26-20)16-4-3-5-18(12-16)31-2/h3-5,7,10,12-13,17H,6,8-9,11,14H2,1-2H3,(H,24,29)(H,25,26). The fourth-order valence-corrected chi connectivity index (χ4v) is 3.77. The zero-order valence-corrected chi connectivity index (χ0v) is 17.7. The molecule has 0 aliphatic carbocycles. The van der Waals surface area contributed by atoms with Crippen molar-refractivity contribution in [1.29, 1.82) is 0 Å². The summed E-state index contributed by atoms with van der Waals surface area (Å²) in [6, 6.07) is 9.24. The third kappa shape index (κ3) is 4.60. The van der Waals surface area contributed by atoms with Crippen LogP contribution in [0.15, 0.2) is 42.7 Å². The van der Waals surface area contributed by atoms with E-state index in [1.165, 1.54) is 0 Å². The number of nitrogens with zero attached hydrogens (tertiary/aromatic N) is 4. The highest BCUT2D eigenvalue weighted by molar-refractivity contribution is 5.94. The van der Waals surface area contributed by atoms with Gasteiger partial charge in [-0.1, -0.05) is 12.1 Å². The quantitative estimate of drug-likeness (QED) is 0.605. The Hall–Kier alpha value is -3.62. The van der Waals surface area contributed by atoms with E-state index in [0.29, 0.717) is 44.0 Å². The molecule has 3 heterocycles. The number of ether oxygens (including phenoxy) is 1. The molecule has 9 heteroatoms. The number of likely N-dealkylation sites (tertiary alicyclic amines) is 1. The van der Waals surface area contributed by atoms with Gasteiger partial charge >= 0.3 is 0 Å². The molecule has 0 bridgehead atoms. The van der Waals surface area contributed by atoms with Crippen LogP contribution in [-0.4, -0.2) is 63.2 Å². The number of H-pyrrole nitrogens is 1. The van der Waals surface area contributed by atoms with Gasteiger partial charge in [0.15, 0.2) is 0 Å². The van der Waals surface area contributed by atoms with Gasteiger partial charge in [-0.05, 0) is 31.5 Å². The van der Waals surface area contributed by atoms with Gasteiger partial charge in [-0.2, -0.15) is 5.10 Å². The number of hydrogen-bond donors (Lipinski definition) is 2. The van der Waals surface area contributed by atoms with Crippen LogP contribution in [0.4, 0.5) is 0 Å². The van der Waals surface area contributed by atoms with Crippen molar-refractivity contribution < 1.29 is 14.3 Å². The number of carbonyl (C=O) groups excluding carboxylic acids is 2. The molecule has 1 aliphatic heterocycles. The Bertz CT molecular complexity index is 1070. The minimum Gasteiger partial charge on any atom is -0.497 e. The minimum absolute atomic E-state index is 0.0188. The molecule has 0 radical (unpaired) electrons. The highest BCUT2D eigenvalue weighted by atomic mass is 16.5. The number of aromatic nitrogens is 4. The molecule has 3 aromatic rings. The van der Waals surface area contributed by atoms with Crippen LogP contribution in [0.5, 0.6) is 5.75 Å². The molecule has 0 saturated carbocycles. The topological polar surface area (TPSA) is 105 Å². The molecular formula is C22H26N6O3. The first kappa shape index (κ1) is 20.6. The van der Waals surface area contributed by atoms with E-state index in [9.17, 15) is 9.59 Å². The van der Waals surface area contributed by atoms with Crippen LogP contribution in [0, 0.1) is 12.8 Å². The van der Waals surface area contributed by atoms with E-state index in [1.54, 1.807) is 24.3 Å². The van der Waals surface area contributed by atoms with E-state index >= 15 is 0 Å². The van der Waals surface area contributed by atoms with Crippen molar-refractivity contribution in [2.45, 2.75) is 19.9 Å². The van der Waals surface area contributed by atoms with Crippen LogP contribution < -0.4 is 10.1 Å². The van der Waals surface area contributed by atoms with Crippen LogP contribution in [-0.2, 0) is 11.3 Å². The van der Waals surface area contributed by atoms with Gasteiger partial charge in [-0.25, -0.2) is 4.98 Å². The van der Waals surface area contributed by atoms with Gasteiger partial charge in [0.25, 0.3) is 5.91 Å². The van der Waals surface area contributed by atoms with Gasteiger partial charge in [0.05, 0.1) is 18.7 Å². The molecule has 1 unspecified atom stereocenters. The van der Waals surface area contributed by atoms with Crippen LogP contribution in [0.3, 0.4) is 0 Å². The highest BCUT2D eigenvalue weighted by Crippen LogP contribution is 2.24. The summed E-state index contributed by atoms with van der Waals surface area (Å²) < 4.78 is 7.23. The molecule has 2 N–H and O–H groups in total. The maximum absolute atomic E-state index is 12.9. The number of nitrogens with one attached hydrogen (secondary N) is 2. The van der Waals surface area contributed by atoms with Crippen molar-refractivity contribution in [2.24, 2.45) is 5.92 Å². The molecule has 1 saturated heterocycles. The zero-order valence-electron chi connectivity index (χ0n) is 17.7. The Labute approximate surface area is 180 Å². The van der Waals surface area contributed by atoms with E-state index < -0.39 is 0 Å². The molecule has 162 valence electrons. The lowest BCUT2D eigenvalue weighted by Gasteiger charge is -2.15. The molecule has 1 aromatic carbocycles. The second kappa shape index (κ2) is 9.03. The predicted molar refractivity (Wildman–Crippen MR) is 115 cm³/mol. The molecule has 31 heavy (non-hydrogen) atoms. The molecule has 9 nitrogen and oxygen atoms in total. The lowest BCUT2D eigenvalue weighted by atomic mass is 10.1. The normalized spacial score (nSPS) is 15.8. The maximum atomic E-state index is 12.9. The number of methoxy groups -OCH3 is 1. The molecule has 0 spiro atoms. The summed E-state index contributed by atoms with van der Waals surface area (Å²) in [5, 5.41) is 10.1. The number of aryl methyl sites for hydroxylation is 1. The monoisotopic (exact) mass is 422 g/mol. The van der Waals surface area contributed by atoms with Crippen molar-refractivity contribution in [3.8, 4) is 17.0 Å². The highest BCUT2D eigenvalue weighted by Gasteiger charge is 2.32. The zero-order chi connectivity index (χ0) is 21.8. The second-order valence-electron chi connectivity index (χ2n) is 7.59. The van der Waals surface area contributed by atoms with Crippen molar-refractivity contribution in [3.63, 3.8) is 0 Å². The molecule has 1 aliphatic rings. The SMILES string of the molecule is COc1cccc(-c2cc(C(=O)N3CCC(C(=O)NCCn4ccnc4C)C3)[nH]n2)c1. The summed E-state index contributed by atoms with van der Waals surface area (Å²) in [6.07, 6.45) is 4.28. The van der Waals surface area contributed by atoms with Gasteiger partial charge < -0.3 is 19.5 Å². The van der Waals surface area contributed by atoms with Crippen LogP contribution in [0.1, 0.15) is 22.7 Å². The van der Waals surface area contributed by atoms with Gasteiger partial charge in [0.1, 0.15) is 17.3 Å². The van der Waals surface area contributed by atoms with Crippen LogP contribution in [0.25, 0.3) is 11.3 Å². The Morgan fingerprint density at radius 1 is 1.32 bits per heavy atom. The molecule has 2 aromatic heterocycles. The molecule has 1 atom stereocenters. The number of aromatic amines is 1.